The summed E-state index contributed by atoms with van der Waals surface area (Å²) in [5, 5.41) is 6.27. The third-order valence-corrected chi connectivity index (χ3v) is 5.75. The van der Waals surface area contributed by atoms with Crippen LogP contribution in [0.5, 0.6) is 5.75 Å². The van der Waals surface area contributed by atoms with E-state index in [0.717, 1.165) is 30.8 Å². The van der Waals surface area contributed by atoms with Crippen LogP contribution in [-0.2, 0) is 19.5 Å². The van der Waals surface area contributed by atoms with E-state index < -0.39 is 0 Å². The number of nitrogens with zero attached hydrogens (tertiary/aromatic N) is 1. The van der Waals surface area contributed by atoms with Gasteiger partial charge in [-0.25, -0.2) is 0 Å². The SMILES string of the molecule is COc1ccc(C(=O)NCc2cccc(C(=O)N(C)c3ccc4c(c3)CNCC4)c2)cc1. The summed E-state index contributed by atoms with van der Waals surface area (Å²) in [6, 6.07) is 20.5. The van der Waals surface area contributed by atoms with Crippen molar-refractivity contribution in [3.8, 4) is 5.75 Å². The van der Waals surface area contributed by atoms with E-state index in [-0.39, 0.29) is 11.8 Å². The van der Waals surface area contributed by atoms with Gasteiger partial charge in [-0.3, -0.25) is 9.59 Å². The van der Waals surface area contributed by atoms with Crippen LogP contribution in [0.15, 0.2) is 66.7 Å². The third-order valence-electron chi connectivity index (χ3n) is 5.75. The molecule has 0 saturated carbocycles. The van der Waals surface area contributed by atoms with E-state index in [4.69, 9.17) is 4.74 Å². The molecule has 1 aliphatic rings. The average molecular weight is 430 g/mol. The van der Waals surface area contributed by atoms with Crippen molar-refractivity contribution in [1.82, 2.24) is 10.6 Å². The maximum absolute atomic E-state index is 13.1. The van der Waals surface area contributed by atoms with Gasteiger partial charge in [-0.2, -0.15) is 0 Å². The number of methoxy groups -OCH3 is 1. The molecule has 6 heteroatoms. The summed E-state index contributed by atoms with van der Waals surface area (Å²) in [5.41, 5.74) is 5.45. The molecule has 0 radical (unpaired) electrons. The number of benzene rings is 3. The Balaban J connectivity index is 1.42. The first-order chi connectivity index (χ1) is 15.5. The second kappa shape index (κ2) is 9.66. The number of hydrogen-bond donors (Lipinski definition) is 2. The summed E-state index contributed by atoms with van der Waals surface area (Å²) < 4.78 is 5.12. The lowest BCUT2D eigenvalue weighted by atomic mass is 10.00. The van der Waals surface area contributed by atoms with Crippen LogP contribution in [0.1, 0.15) is 37.4 Å². The van der Waals surface area contributed by atoms with Crippen molar-refractivity contribution < 1.29 is 14.3 Å². The van der Waals surface area contributed by atoms with Crippen LogP contribution in [0, 0.1) is 0 Å². The van der Waals surface area contributed by atoms with E-state index in [0.29, 0.717) is 23.4 Å². The van der Waals surface area contributed by atoms with Crippen LogP contribution >= 0.6 is 0 Å². The minimum absolute atomic E-state index is 0.0861. The van der Waals surface area contributed by atoms with Gasteiger partial charge in [0.25, 0.3) is 11.8 Å². The molecule has 0 aliphatic carbocycles. The molecule has 0 atom stereocenters. The van der Waals surface area contributed by atoms with Gasteiger partial charge >= 0.3 is 0 Å². The van der Waals surface area contributed by atoms with Gasteiger partial charge < -0.3 is 20.3 Å². The van der Waals surface area contributed by atoms with Crippen molar-refractivity contribution in [2.45, 2.75) is 19.5 Å². The Morgan fingerprint density at radius 1 is 1.00 bits per heavy atom. The van der Waals surface area contributed by atoms with Crippen molar-refractivity contribution in [3.63, 3.8) is 0 Å². The van der Waals surface area contributed by atoms with Gasteiger partial charge in [-0.1, -0.05) is 18.2 Å². The van der Waals surface area contributed by atoms with Crippen LogP contribution in [-0.4, -0.2) is 32.5 Å². The van der Waals surface area contributed by atoms with Gasteiger partial charge in [0.05, 0.1) is 7.11 Å². The van der Waals surface area contributed by atoms with Crippen LogP contribution < -0.4 is 20.3 Å². The first kappa shape index (κ1) is 21.6. The second-order valence-electron chi connectivity index (χ2n) is 7.86. The third kappa shape index (κ3) is 4.81. The highest BCUT2D eigenvalue weighted by Crippen LogP contribution is 2.23. The monoisotopic (exact) mass is 429 g/mol. The molecule has 164 valence electrons. The first-order valence-electron chi connectivity index (χ1n) is 10.7. The maximum atomic E-state index is 13.1. The molecule has 1 aliphatic heterocycles. The van der Waals surface area contributed by atoms with Crippen LogP contribution in [0.2, 0.25) is 0 Å². The molecule has 0 saturated heterocycles. The Morgan fingerprint density at radius 2 is 1.81 bits per heavy atom. The zero-order chi connectivity index (χ0) is 22.5. The van der Waals surface area contributed by atoms with E-state index in [1.807, 2.05) is 24.3 Å². The molecule has 2 N–H and O–H groups in total. The quantitative estimate of drug-likeness (QED) is 0.629. The number of hydrogen-bond acceptors (Lipinski definition) is 4. The van der Waals surface area contributed by atoms with E-state index in [1.54, 1.807) is 49.4 Å². The van der Waals surface area contributed by atoms with Crippen molar-refractivity contribution >= 4 is 17.5 Å². The molecular formula is C26H27N3O3. The van der Waals surface area contributed by atoms with Crippen LogP contribution in [0.4, 0.5) is 5.69 Å². The van der Waals surface area contributed by atoms with E-state index in [9.17, 15) is 9.59 Å². The lowest BCUT2D eigenvalue weighted by Gasteiger charge is -2.22. The largest absolute Gasteiger partial charge is 0.497 e. The molecule has 0 spiro atoms. The fourth-order valence-corrected chi connectivity index (χ4v) is 3.83. The molecule has 0 fully saturated rings. The molecule has 1 heterocycles. The Morgan fingerprint density at radius 3 is 2.59 bits per heavy atom. The number of anilines is 1. The first-order valence-corrected chi connectivity index (χ1v) is 10.7. The molecule has 4 rings (SSSR count). The standard InChI is InChI=1S/C26H27N3O3/c1-29(23-9-6-19-12-13-27-17-22(19)15-23)26(31)21-5-3-4-18(14-21)16-28-25(30)20-7-10-24(32-2)11-8-20/h3-11,14-15,27H,12-13,16-17H2,1-2H3,(H,28,30). The van der Waals surface area contributed by atoms with Gasteiger partial charge in [0.2, 0.25) is 0 Å². The Hall–Kier alpha value is -3.64. The van der Waals surface area contributed by atoms with E-state index >= 15 is 0 Å². The van der Waals surface area contributed by atoms with E-state index in [1.165, 1.54) is 11.1 Å². The van der Waals surface area contributed by atoms with Gasteiger partial charge in [0.15, 0.2) is 0 Å². The number of rotatable bonds is 6. The lowest BCUT2D eigenvalue weighted by Crippen LogP contribution is -2.28. The molecule has 32 heavy (non-hydrogen) atoms. The molecule has 2 amide bonds. The average Bonchev–Trinajstić information content (AvgIpc) is 2.86. The highest BCUT2D eigenvalue weighted by Gasteiger charge is 2.17. The lowest BCUT2D eigenvalue weighted by molar-refractivity contribution is 0.0950. The molecular weight excluding hydrogens is 402 g/mol. The highest BCUT2D eigenvalue weighted by molar-refractivity contribution is 6.06. The Bertz CT molecular complexity index is 1130. The summed E-state index contributed by atoms with van der Waals surface area (Å²) in [7, 11) is 3.38. The van der Waals surface area contributed by atoms with Crippen molar-refractivity contribution in [1.29, 1.82) is 0 Å². The number of carbonyl (C=O) groups excluding carboxylic acids is 2. The summed E-state index contributed by atoms with van der Waals surface area (Å²) in [4.78, 5) is 27.2. The number of ether oxygens (including phenoxy) is 1. The van der Waals surface area contributed by atoms with Gasteiger partial charge in [-0.15, -0.1) is 0 Å². The molecule has 3 aromatic rings. The Kier molecular flexibility index (Phi) is 6.52. The number of carbonyl (C=O) groups is 2. The Labute approximate surface area is 188 Å². The highest BCUT2D eigenvalue weighted by atomic mass is 16.5. The smallest absolute Gasteiger partial charge is 0.258 e. The van der Waals surface area contributed by atoms with Crippen molar-refractivity contribution in [3.05, 3.63) is 94.5 Å². The predicted octanol–water partition coefficient (Wildman–Crippen LogP) is 3.55. The van der Waals surface area contributed by atoms with Crippen molar-refractivity contribution in [2.75, 3.05) is 25.6 Å². The normalized spacial score (nSPS) is 12.6. The van der Waals surface area contributed by atoms with Gasteiger partial charge in [0.1, 0.15) is 5.75 Å². The second-order valence-corrected chi connectivity index (χ2v) is 7.86. The predicted molar refractivity (Wildman–Crippen MR) is 125 cm³/mol. The number of amides is 2. The van der Waals surface area contributed by atoms with Gasteiger partial charge in [0, 0.05) is 37.0 Å². The summed E-state index contributed by atoms with van der Waals surface area (Å²) in [5.74, 6) is 0.438. The molecule has 0 aromatic heterocycles. The number of nitrogens with one attached hydrogen (secondary N) is 2. The van der Waals surface area contributed by atoms with Crippen LogP contribution in [0.3, 0.4) is 0 Å². The topological polar surface area (TPSA) is 70.7 Å². The van der Waals surface area contributed by atoms with Gasteiger partial charge in [-0.05, 0) is 78.2 Å². The summed E-state index contributed by atoms with van der Waals surface area (Å²) in [6.45, 7) is 2.15. The van der Waals surface area contributed by atoms with E-state index in [2.05, 4.69) is 22.8 Å². The van der Waals surface area contributed by atoms with Crippen molar-refractivity contribution in [2.24, 2.45) is 0 Å². The molecule has 6 nitrogen and oxygen atoms in total. The zero-order valence-corrected chi connectivity index (χ0v) is 18.4. The zero-order valence-electron chi connectivity index (χ0n) is 18.4. The minimum Gasteiger partial charge on any atom is -0.497 e. The molecule has 0 bridgehead atoms. The fourth-order valence-electron chi connectivity index (χ4n) is 3.83. The van der Waals surface area contributed by atoms with Crippen LogP contribution in [0.25, 0.3) is 0 Å². The molecule has 0 unspecified atom stereocenters. The fraction of sp³-hybridized carbons (Fsp3) is 0.231. The summed E-state index contributed by atoms with van der Waals surface area (Å²) >= 11 is 0. The molecule has 3 aromatic carbocycles. The summed E-state index contributed by atoms with van der Waals surface area (Å²) in [6.07, 6.45) is 1.01. The maximum Gasteiger partial charge on any atom is 0.258 e. The minimum atomic E-state index is -0.177. The number of fused-ring (bicyclic) bond motifs is 1.